The van der Waals surface area contributed by atoms with E-state index in [0.29, 0.717) is 5.78 Å². The van der Waals surface area contributed by atoms with Crippen molar-refractivity contribution in [2.24, 2.45) is 5.92 Å². The van der Waals surface area contributed by atoms with E-state index < -0.39 is 0 Å². The summed E-state index contributed by atoms with van der Waals surface area (Å²) in [7, 11) is 0. The van der Waals surface area contributed by atoms with Crippen LogP contribution in [-0.2, 0) is 11.2 Å². The summed E-state index contributed by atoms with van der Waals surface area (Å²) >= 11 is 0. The van der Waals surface area contributed by atoms with Gasteiger partial charge in [0.25, 0.3) is 0 Å². The number of carbonyl (C=O) groups is 1. The van der Waals surface area contributed by atoms with Crippen LogP contribution < -0.4 is 0 Å². The molecular weight excluding hydrogens is 196 g/mol. The Bertz CT molecular complexity index is 456. The number of carbonyl (C=O) groups excluding carboxylic acids is 1. The summed E-state index contributed by atoms with van der Waals surface area (Å²) in [4.78, 5) is 12.0. The zero-order valence-electron chi connectivity index (χ0n) is 9.41. The van der Waals surface area contributed by atoms with Crippen molar-refractivity contribution in [2.75, 3.05) is 0 Å². The number of ketones is 1. The fraction of sp³-hybridized carbons (Fsp3) is 0.400. The smallest absolute Gasteiger partial charge is 0.140 e. The highest BCUT2D eigenvalue weighted by Crippen LogP contribution is 2.38. The first-order valence-corrected chi connectivity index (χ1v) is 6.17. The molecule has 0 saturated heterocycles. The zero-order valence-corrected chi connectivity index (χ0v) is 9.41. The number of fused-ring (bicyclic) bond motifs is 1. The van der Waals surface area contributed by atoms with Crippen LogP contribution in [0.15, 0.2) is 30.3 Å². The summed E-state index contributed by atoms with van der Waals surface area (Å²) in [6.45, 7) is 0. The number of hydrogen-bond acceptors (Lipinski definition) is 1. The SMILES string of the molecule is O=C1CCCCC1C1=CCc2ccccc21. The molecular formula is C15H16O. The van der Waals surface area contributed by atoms with E-state index in [2.05, 4.69) is 30.3 Å². The minimum absolute atomic E-state index is 0.192. The van der Waals surface area contributed by atoms with Crippen molar-refractivity contribution < 1.29 is 4.79 Å². The molecule has 1 aromatic rings. The number of rotatable bonds is 1. The molecule has 2 aliphatic carbocycles. The summed E-state index contributed by atoms with van der Waals surface area (Å²) in [5.74, 6) is 0.645. The van der Waals surface area contributed by atoms with Crippen molar-refractivity contribution in [3.8, 4) is 0 Å². The second kappa shape index (κ2) is 3.89. The fourth-order valence-corrected chi connectivity index (χ4v) is 2.95. The van der Waals surface area contributed by atoms with E-state index in [1.807, 2.05) is 0 Å². The molecule has 1 fully saturated rings. The predicted octanol–water partition coefficient (Wildman–Crippen LogP) is 3.39. The average molecular weight is 212 g/mol. The molecule has 1 aromatic carbocycles. The first-order valence-electron chi connectivity index (χ1n) is 6.17. The Morgan fingerprint density at radius 2 is 2.00 bits per heavy atom. The Morgan fingerprint density at radius 3 is 2.88 bits per heavy atom. The standard InChI is InChI=1S/C15H16O/c16-15-8-4-3-7-14(15)13-10-9-11-5-1-2-6-12(11)13/h1-2,5-6,10,14H,3-4,7-9H2. The fourth-order valence-electron chi connectivity index (χ4n) is 2.95. The lowest BCUT2D eigenvalue weighted by Crippen LogP contribution is -2.19. The van der Waals surface area contributed by atoms with Crippen LogP contribution in [0, 0.1) is 5.92 Å². The Hall–Kier alpha value is -1.37. The van der Waals surface area contributed by atoms with Crippen LogP contribution in [-0.4, -0.2) is 5.78 Å². The van der Waals surface area contributed by atoms with Crippen molar-refractivity contribution in [2.45, 2.75) is 32.1 Å². The van der Waals surface area contributed by atoms with E-state index in [-0.39, 0.29) is 5.92 Å². The molecule has 16 heavy (non-hydrogen) atoms. The Balaban J connectivity index is 1.94. The average Bonchev–Trinajstić information content (AvgIpc) is 2.74. The zero-order chi connectivity index (χ0) is 11.0. The van der Waals surface area contributed by atoms with Crippen molar-refractivity contribution in [3.05, 3.63) is 41.5 Å². The van der Waals surface area contributed by atoms with Crippen molar-refractivity contribution in [3.63, 3.8) is 0 Å². The van der Waals surface area contributed by atoms with Crippen LogP contribution in [0.2, 0.25) is 0 Å². The second-order valence-corrected chi connectivity index (χ2v) is 4.79. The normalized spacial score (nSPS) is 24.1. The molecule has 0 N–H and O–H groups in total. The van der Waals surface area contributed by atoms with Gasteiger partial charge in [-0.1, -0.05) is 36.8 Å². The third kappa shape index (κ3) is 1.51. The van der Waals surface area contributed by atoms with Gasteiger partial charge in [0.2, 0.25) is 0 Å². The molecule has 1 heteroatoms. The number of allylic oxidation sites excluding steroid dienone is 2. The highest BCUT2D eigenvalue weighted by atomic mass is 16.1. The molecule has 1 saturated carbocycles. The number of Topliss-reactive ketones (excluding diaryl/α,β-unsaturated/α-hetero) is 1. The lowest BCUT2D eigenvalue weighted by atomic mass is 9.81. The quantitative estimate of drug-likeness (QED) is 0.697. The van der Waals surface area contributed by atoms with Gasteiger partial charge in [0, 0.05) is 12.3 Å². The molecule has 0 aromatic heterocycles. The van der Waals surface area contributed by atoms with Gasteiger partial charge in [0.15, 0.2) is 0 Å². The van der Waals surface area contributed by atoms with Crippen LogP contribution in [0.25, 0.3) is 5.57 Å². The van der Waals surface area contributed by atoms with E-state index in [1.54, 1.807) is 0 Å². The van der Waals surface area contributed by atoms with Crippen LogP contribution in [0.3, 0.4) is 0 Å². The molecule has 82 valence electrons. The van der Waals surface area contributed by atoms with Crippen molar-refractivity contribution >= 4 is 11.4 Å². The van der Waals surface area contributed by atoms with Crippen molar-refractivity contribution in [1.29, 1.82) is 0 Å². The molecule has 0 spiro atoms. The van der Waals surface area contributed by atoms with Crippen LogP contribution in [0.5, 0.6) is 0 Å². The van der Waals surface area contributed by atoms with E-state index >= 15 is 0 Å². The molecule has 0 bridgehead atoms. The Labute approximate surface area is 96.2 Å². The first kappa shape index (κ1) is 9.83. The van der Waals surface area contributed by atoms with Crippen LogP contribution in [0.4, 0.5) is 0 Å². The Kier molecular flexibility index (Phi) is 2.39. The molecule has 0 radical (unpaired) electrons. The van der Waals surface area contributed by atoms with Gasteiger partial charge in [-0.2, -0.15) is 0 Å². The van der Waals surface area contributed by atoms with E-state index in [1.165, 1.54) is 23.1 Å². The summed E-state index contributed by atoms with van der Waals surface area (Å²) in [6.07, 6.45) is 7.40. The van der Waals surface area contributed by atoms with Crippen LogP contribution >= 0.6 is 0 Å². The monoisotopic (exact) mass is 212 g/mol. The molecule has 0 amide bonds. The Morgan fingerprint density at radius 1 is 1.12 bits per heavy atom. The summed E-state index contributed by atoms with van der Waals surface area (Å²) in [6, 6.07) is 8.49. The van der Waals surface area contributed by atoms with Gasteiger partial charge in [-0.25, -0.2) is 0 Å². The van der Waals surface area contributed by atoms with Crippen LogP contribution in [0.1, 0.15) is 36.8 Å². The lowest BCUT2D eigenvalue weighted by molar-refractivity contribution is -0.122. The molecule has 3 rings (SSSR count). The molecule has 1 atom stereocenters. The predicted molar refractivity (Wildman–Crippen MR) is 65.1 cm³/mol. The molecule has 0 aliphatic heterocycles. The number of benzene rings is 1. The molecule has 1 unspecified atom stereocenters. The van der Waals surface area contributed by atoms with E-state index in [4.69, 9.17) is 0 Å². The number of hydrogen-bond donors (Lipinski definition) is 0. The third-order valence-electron chi connectivity index (χ3n) is 3.80. The second-order valence-electron chi connectivity index (χ2n) is 4.79. The van der Waals surface area contributed by atoms with E-state index in [9.17, 15) is 4.79 Å². The highest BCUT2D eigenvalue weighted by Gasteiger charge is 2.29. The van der Waals surface area contributed by atoms with Gasteiger partial charge >= 0.3 is 0 Å². The molecule has 0 heterocycles. The minimum atomic E-state index is 0.192. The summed E-state index contributed by atoms with van der Waals surface area (Å²) in [5.41, 5.74) is 4.01. The largest absolute Gasteiger partial charge is 0.299 e. The maximum Gasteiger partial charge on any atom is 0.140 e. The maximum atomic E-state index is 12.0. The third-order valence-corrected chi connectivity index (χ3v) is 3.80. The lowest BCUT2D eigenvalue weighted by Gasteiger charge is -2.22. The molecule has 1 nitrogen and oxygen atoms in total. The summed E-state index contributed by atoms with van der Waals surface area (Å²) in [5, 5.41) is 0. The minimum Gasteiger partial charge on any atom is -0.299 e. The first-order chi connectivity index (χ1) is 7.86. The van der Waals surface area contributed by atoms with Crippen molar-refractivity contribution in [1.82, 2.24) is 0 Å². The van der Waals surface area contributed by atoms with Gasteiger partial charge in [-0.05, 0) is 36.0 Å². The topological polar surface area (TPSA) is 17.1 Å². The highest BCUT2D eigenvalue weighted by molar-refractivity contribution is 5.95. The van der Waals surface area contributed by atoms with Gasteiger partial charge in [0.1, 0.15) is 5.78 Å². The molecule has 2 aliphatic rings. The summed E-state index contributed by atoms with van der Waals surface area (Å²) < 4.78 is 0. The van der Waals surface area contributed by atoms with Gasteiger partial charge in [0.05, 0.1) is 0 Å². The van der Waals surface area contributed by atoms with Gasteiger partial charge in [-0.15, -0.1) is 0 Å². The van der Waals surface area contributed by atoms with Gasteiger partial charge in [-0.3, -0.25) is 4.79 Å². The maximum absolute atomic E-state index is 12.0. The van der Waals surface area contributed by atoms with Gasteiger partial charge < -0.3 is 0 Å². The van der Waals surface area contributed by atoms with E-state index in [0.717, 1.165) is 25.7 Å².